The monoisotopic (exact) mass is 257 g/mol. The average Bonchev–Trinajstić information content (AvgIpc) is 2.74. The van der Waals surface area contributed by atoms with Crippen molar-refractivity contribution in [2.75, 3.05) is 26.3 Å². The van der Waals surface area contributed by atoms with Crippen molar-refractivity contribution in [1.82, 2.24) is 16.0 Å². The van der Waals surface area contributed by atoms with Crippen molar-refractivity contribution in [2.45, 2.75) is 32.9 Å². The summed E-state index contributed by atoms with van der Waals surface area (Å²) >= 11 is 0. The molecule has 2 unspecified atom stereocenters. The molecule has 18 heavy (non-hydrogen) atoms. The van der Waals surface area contributed by atoms with E-state index < -0.39 is 0 Å². The van der Waals surface area contributed by atoms with E-state index in [0.29, 0.717) is 13.2 Å². The van der Waals surface area contributed by atoms with Crippen LogP contribution in [0.15, 0.2) is 0 Å². The molecule has 0 aromatic carbocycles. The first-order valence-corrected chi connectivity index (χ1v) is 6.42. The van der Waals surface area contributed by atoms with Gasteiger partial charge in [-0.3, -0.25) is 9.59 Å². The van der Waals surface area contributed by atoms with Crippen molar-refractivity contribution < 1.29 is 14.3 Å². The Morgan fingerprint density at radius 3 is 2.67 bits per heavy atom. The van der Waals surface area contributed by atoms with E-state index in [2.05, 4.69) is 16.0 Å². The molecule has 1 fully saturated rings. The zero-order valence-electron chi connectivity index (χ0n) is 11.3. The van der Waals surface area contributed by atoms with Crippen LogP contribution in [0.5, 0.6) is 0 Å². The van der Waals surface area contributed by atoms with Crippen LogP contribution in [-0.2, 0) is 14.3 Å². The van der Waals surface area contributed by atoms with Gasteiger partial charge in [-0.15, -0.1) is 0 Å². The highest BCUT2D eigenvalue weighted by molar-refractivity contribution is 5.86. The summed E-state index contributed by atoms with van der Waals surface area (Å²) in [5.41, 5.74) is 0. The number of likely N-dealkylation sites (N-methyl/N-ethyl adjacent to an activating group) is 1. The van der Waals surface area contributed by atoms with Crippen LogP contribution in [0, 0.1) is 5.92 Å². The summed E-state index contributed by atoms with van der Waals surface area (Å²) in [4.78, 5) is 23.3. The molecular weight excluding hydrogens is 234 g/mol. The van der Waals surface area contributed by atoms with Crippen molar-refractivity contribution in [3.63, 3.8) is 0 Å². The van der Waals surface area contributed by atoms with E-state index in [9.17, 15) is 9.59 Å². The number of rotatable bonds is 6. The summed E-state index contributed by atoms with van der Waals surface area (Å²) in [5.74, 6) is -0.508. The lowest BCUT2D eigenvalue weighted by molar-refractivity contribution is -0.129. The van der Waals surface area contributed by atoms with E-state index >= 15 is 0 Å². The van der Waals surface area contributed by atoms with Crippen molar-refractivity contribution in [2.24, 2.45) is 5.92 Å². The Hall–Kier alpha value is -1.14. The smallest absolute Gasteiger partial charge is 0.239 e. The summed E-state index contributed by atoms with van der Waals surface area (Å²) in [6, 6.07) is 0.127. The second-order valence-corrected chi connectivity index (χ2v) is 4.75. The van der Waals surface area contributed by atoms with E-state index in [-0.39, 0.29) is 36.4 Å². The van der Waals surface area contributed by atoms with Crippen LogP contribution in [-0.4, -0.2) is 50.2 Å². The van der Waals surface area contributed by atoms with E-state index in [1.807, 2.05) is 20.8 Å². The molecule has 0 bridgehead atoms. The van der Waals surface area contributed by atoms with E-state index in [4.69, 9.17) is 4.74 Å². The molecule has 6 nitrogen and oxygen atoms in total. The Morgan fingerprint density at radius 1 is 1.33 bits per heavy atom. The molecule has 0 spiro atoms. The number of hydrogen-bond donors (Lipinski definition) is 3. The Kier molecular flexibility index (Phi) is 6.07. The van der Waals surface area contributed by atoms with Crippen molar-refractivity contribution in [3.05, 3.63) is 0 Å². The van der Waals surface area contributed by atoms with Gasteiger partial charge in [0.25, 0.3) is 0 Å². The molecule has 1 aliphatic rings. The van der Waals surface area contributed by atoms with Crippen LogP contribution in [0.2, 0.25) is 0 Å². The van der Waals surface area contributed by atoms with Crippen LogP contribution < -0.4 is 16.0 Å². The summed E-state index contributed by atoms with van der Waals surface area (Å²) < 4.78 is 5.29. The quantitative estimate of drug-likeness (QED) is 0.585. The molecule has 2 atom stereocenters. The van der Waals surface area contributed by atoms with Crippen LogP contribution in [0.25, 0.3) is 0 Å². The summed E-state index contributed by atoms with van der Waals surface area (Å²) in [6.07, 6.45) is 0. The molecule has 0 radical (unpaired) electrons. The summed E-state index contributed by atoms with van der Waals surface area (Å²) in [6.45, 7) is 7.53. The predicted octanol–water partition coefficient (Wildman–Crippen LogP) is -0.748. The fourth-order valence-corrected chi connectivity index (χ4v) is 1.95. The highest BCUT2D eigenvalue weighted by atomic mass is 16.5. The van der Waals surface area contributed by atoms with Gasteiger partial charge >= 0.3 is 0 Å². The van der Waals surface area contributed by atoms with Crippen LogP contribution in [0.1, 0.15) is 20.8 Å². The Balaban J connectivity index is 2.33. The lowest BCUT2D eigenvalue weighted by atomic mass is 10.0. The number of carbonyl (C=O) groups is 2. The molecule has 1 saturated heterocycles. The maximum absolute atomic E-state index is 11.9. The van der Waals surface area contributed by atoms with Gasteiger partial charge in [-0.05, 0) is 20.4 Å². The Bertz CT molecular complexity index is 294. The minimum absolute atomic E-state index is 0.0202. The molecule has 1 rings (SSSR count). The molecule has 1 aliphatic heterocycles. The highest BCUT2D eigenvalue weighted by Crippen LogP contribution is 2.13. The second-order valence-electron chi connectivity index (χ2n) is 4.75. The molecule has 0 aliphatic carbocycles. The van der Waals surface area contributed by atoms with Gasteiger partial charge in [0, 0.05) is 12.1 Å². The minimum atomic E-state index is -0.211. The summed E-state index contributed by atoms with van der Waals surface area (Å²) in [5, 5.41) is 8.58. The number of ether oxygens (including phenoxy) is 1. The lowest BCUT2D eigenvalue weighted by Crippen LogP contribution is -2.47. The van der Waals surface area contributed by atoms with Gasteiger partial charge in [0.15, 0.2) is 0 Å². The summed E-state index contributed by atoms with van der Waals surface area (Å²) in [7, 11) is 0. The van der Waals surface area contributed by atoms with Gasteiger partial charge in [-0.1, -0.05) is 6.92 Å². The van der Waals surface area contributed by atoms with Gasteiger partial charge in [0.1, 0.15) is 0 Å². The van der Waals surface area contributed by atoms with E-state index in [1.165, 1.54) is 0 Å². The SMILES string of the molecule is CCNC1COCC1C(=O)NCC(=O)NC(C)C. The molecule has 3 N–H and O–H groups in total. The van der Waals surface area contributed by atoms with Crippen LogP contribution in [0.3, 0.4) is 0 Å². The number of amides is 2. The largest absolute Gasteiger partial charge is 0.379 e. The maximum atomic E-state index is 11.9. The van der Waals surface area contributed by atoms with E-state index in [0.717, 1.165) is 6.54 Å². The molecule has 6 heteroatoms. The number of hydrogen-bond acceptors (Lipinski definition) is 4. The standard InChI is InChI=1S/C12H23N3O3/c1-4-13-10-7-18-6-9(10)12(17)14-5-11(16)15-8(2)3/h8-10,13H,4-7H2,1-3H3,(H,14,17)(H,15,16). The fraction of sp³-hybridized carbons (Fsp3) is 0.833. The minimum Gasteiger partial charge on any atom is -0.379 e. The topological polar surface area (TPSA) is 79.5 Å². The zero-order valence-corrected chi connectivity index (χ0v) is 11.3. The van der Waals surface area contributed by atoms with Crippen LogP contribution in [0.4, 0.5) is 0 Å². The van der Waals surface area contributed by atoms with Gasteiger partial charge < -0.3 is 20.7 Å². The van der Waals surface area contributed by atoms with Gasteiger partial charge in [-0.2, -0.15) is 0 Å². The molecule has 0 saturated carbocycles. The normalized spacial score (nSPS) is 23.1. The molecule has 0 aromatic heterocycles. The van der Waals surface area contributed by atoms with Gasteiger partial charge in [0.2, 0.25) is 11.8 Å². The third-order valence-corrected chi connectivity index (χ3v) is 2.76. The van der Waals surface area contributed by atoms with Crippen molar-refractivity contribution in [3.8, 4) is 0 Å². The molecule has 104 valence electrons. The third kappa shape index (κ3) is 4.62. The van der Waals surface area contributed by atoms with Crippen molar-refractivity contribution >= 4 is 11.8 Å². The maximum Gasteiger partial charge on any atom is 0.239 e. The molecule has 2 amide bonds. The molecule has 1 heterocycles. The Labute approximate surface area is 108 Å². The first-order chi connectivity index (χ1) is 8.54. The first-order valence-electron chi connectivity index (χ1n) is 6.42. The molecular formula is C12H23N3O3. The van der Waals surface area contributed by atoms with Crippen molar-refractivity contribution in [1.29, 1.82) is 0 Å². The van der Waals surface area contributed by atoms with Crippen LogP contribution >= 0.6 is 0 Å². The fourth-order valence-electron chi connectivity index (χ4n) is 1.95. The second kappa shape index (κ2) is 7.33. The highest BCUT2D eigenvalue weighted by Gasteiger charge is 2.33. The third-order valence-electron chi connectivity index (χ3n) is 2.76. The predicted molar refractivity (Wildman–Crippen MR) is 68.1 cm³/mol. The Morgan fingerprint density at radius 2 is 2.06 bits per heavy atom. The first kappa shape index (κ1) is 14.9. The lowest BCUT2D eigenvalue weighted by Gasteiger charge is -2.17. The number of nitrogens with one attached hydrogen (secondary N) is 3. The van der Waals surface area contributed by atoms with E-state index in [1.54, 1.807) is 0 Å². The van der Waals surface area contributed by atoms with Gasteiger partial charge in [0.05, 0.1) is 25.7 Å². The number of carbonyl (C=O) groups excluding carboxylic acids is 2. The zero-order chi connectivity index (χ0) is 13.5. The van der Waals surface area contributed by atoms with Gasteiger partial charge in [-0.25, -0.2) is 0 Å². The average molecular weight is 257 g/mol. The molecule has 0 aromatic rings.